The number of aryl methyl sites for hydroxylation is 1. The Morgan fingerprint density at radius 1 is 1.38 bits per heavy atom. The monoisotopic (exact) mass is 303 g/mol. The van der Waals surface area contributed by atoms with E-state index in [2.05, 4.69) is 11.4 Å². The topological polar surface area (TPSA) is 62.5 Å². The Balaban J connectivity index is 1.77. The summed E-state index contributed by atoms with van der Waals surface area (Å²) >= 11 is 1.64. The minimum absolute atomic E-state index is 0.0809. The first kappa shape index (κ1) is 14.2. The Hall–Kier alpha value is -1.72. The van der Waals surface area contributed by atoms with Crippen molar-refractivity contribution in [2.75, 3.05) is 12.4 Å². The lowest BCUT2D eigenvalue weighted by Crippen LogP contribution is -2.34. The summed E-state index contributed by atoms with van der Waals surface area (Å²) < 4.78 is 5.26. The SMILES string of the molecule is O=C(NC(CO)c1ccco1)C1SCCc2ccccc21. The van der Waals surface area contributed by atoms with Crippen LogP contribution in [0.25, 0.3) is 0 Å². The lowest BCUT2D eigenvalue weighted by molar-refractivity contribution is -0.121. The Kier molecular flexibility index (Phi) is 4.31. The maximum absolute atomic E-state index is 12.5. The Morgan fingerprint density at radius 3 is 3.00 bits per heavy atom. The molecule has 0 saturated heterocycles. The fourth-order valence-corrected chi connectivity index (χ4v) is 3.76. The molecule has 3 rings (SSSR count). The molecule has 0 radical (unpaired) electrons. The van der Waals surface area contributed by atoms with Crippen LogP contribution in [0, 0.1) is 0 Å². The van der Waals surface area contributed by atoms with Crippen molar-refractivity contribution < 1.29 is 14.3 Å². The molecule has 0 fully saturated rings. The maximum atomic E-state index is 12.5. The first-order chi connectivity index (χ1) is 10.3. The van der Waals surface area contributed by atoms with Crippen LogP contribution in [0.2, 0.25) is 0 Å². The number of furan rings is 1. The van der Waals surface area contributed by atoms with Gasteiger partial charge in [-0.2, -0.15) is 0 Å². The van der Waals surface area contributed by atoms with Crippen molar-refractivity contribution in [3.05, 3.63) is 59.5 Å². The van der Waals surface area contributed by atoms with Gasteiger partial charge in [0.05, 0.1) is 12.9 Å². The van der Waals surface area contributed by atoms with Gasteiger partial charge < -0.3 is 14.8 Å². The summed E-state index contributed by atoms with van der Waals surface area (Å²) in [6.45, 7) is -0.182. The second-order valence-corrected chi connectivity index (χ2v) is 6.17. The van der Waals surface area contributed by atoms with Gasteiger partial charge in [0, 0.05) is 0 Å². The number of carbonyl (C=O) groups is 1. The van der Waals surface area contributed by atoms with E-state index in [1.165, 1.54) is 11.8 Å². The highest BCUT2D eigenvalue weighted by atomic mass is 32.2. The summed E-state index contributed by atoms with van der Waals surface area (Å²) in [4.78, 5) is 12.5. The van der Waals surface area contributed by atoms with Crippen LogP contribution in [-0.2, 0) is 11.2 Å². The van der Waals surface area contributed by atoms with Gasteiger partial charge in [-0.1, -0.05) is 24.3 Å². The van der Waals surface area contributed by atoms with E-state index in [0.717, 1.165) is 17.7 Å². The minimum Gasteiger partial charge on any atom is -0.467 e. The molecular formula is C16H17NO3S. The van der Waals surface area contributed by atoms with Crippen molar-refractivity contribution in [2.24, 2.45) is 0 Å². The zero-order valence-electron chi connectivity index (χ0n) is 11.5. The average molecular weight is 303 g/mol. The molecule has 0 bridgehead atoms. The normalized spacial score (nSPS) is 18.8. The molecule has 1 amide bonds. The number of fused-ring (bicyclic) bond motifs is 1. The standard InChI is InChI=1S/C16H17NO3S/c18-10-13(14-6-3-8-20-14)17-16(19)15-12-5-2-1-4-11(12)7-9-21-15/h1-6,8,13,15,18H,7,9-10H2,(H,17,19). The number of carbonyl (C=O) groups excluding carboxylic acids is 1. The summed E-state index contributed by atoms with van der Waals surface area (Å²) in [7, 11) is 0. The zero-order chi connectivity index (χ0) is 14.7. The second kappa shape index (κ2) is 6.37. The molecule has 0 aliphatic carbocycles. The highest BCUT2D eigenvalue weighted by Crippen LogP contribution is 2.37. The van der Waals surface area contributed by atoms with Crippen molar-refractivity contribution in [1.82, 2.24) is 5.32 Å². The number of thioether (sulfide) groups is 1. The van der Waals surface area contributed by atoms with Crippen LogP contribution in [0.5, 0.6) is 0 Å². The fraction of sp³-hybridized carbons (Fsp3) is 0.312. The third-order valence-electron chi connectivity index (χ3n) is 3.62. The van der Waals surface area contributed by atoms with Gasteiger partial charge in [0.25, 0.3) is 0 Å². The van der Waals surface area contributed by atoms with Gasteiger partial charge in [-0.05, 0) is 35.4 Å². The Bertz CT molecular complexity index is 612. The van der Waals surface area contributed by atoms with Crippen molar-refractivity contribution in [3.8, 4) is 0 Å². The lowest BCUT2D eigenvalue weighted by Gasteiger charge is -2.25. The van der Waals surface area contributed by atoms with E-state index >= 15 is 0 Å². The highest BCUT2D eigenvalue weighted by molar-refractivity contribution is 8.00. The molecule has 5 heteroatoms. The third kappa shape index (κ3) is 2.99. The molecule has 0 saturated carbocycles. The van der Waals surface area contributed by atoms with Crippen molar-refractivity contribution in [2.45, 2.75) is 17.7 Å². The summed E-state index contributed by atoms with van der Waals surface area (Å²) in [5, 5.41) is 12.1. The Labute approximate surface area is 127 Å². The van der Waals surface area contributed by atoms with Crippen molar-refractivity contribution in [3.63, 3.8) is 0 Å². The van der Waals surface area contributed by atoms with Gasteiger partial charge in [-0.25, -0.2) is 0 Å². The van der Waals surface area contributed by atoms with Crippen LogP contribution in [0.15, 0.2) is 47.1 Å². The van der Waals surface area contributed by atoms with E-state index < -0.39 is 6.04 Å². The number of nitrogens with one attached hydrogen (secondary N) is 1. The number of rotatable bonds is 4. The molecule has 1 aromatic carbocycles. The fourth-order valence-electron chi connectivity index (χ4n) is 2.55. The second-order valence-electron chi connectivity index (χ2n) is 4.96. The number of hydrogen-bond acceptors (Lipinski definition) is 4. The van der Waals surface area contributed by atoms with E-state index in [1.807, 2.05) is 18.2 Å². The predicted octanol–water partition coefficient (Wildman–Crippen LogP) is 2.46. The molecule has 4 nitrogen and oxygen atoms in total. The number of aliphatic hydroxyl groups excluding tert-OH is 1. The van der Waals surface area contributed by atoms with Gasteiger partial charge in [0.2, 0.25) is 5.91 Å². The molecular weight excluding hydrogens is 286 g/mol. The number of aliphatic hydroxyl groups is 1. The van der Waals surface area contributed by atoms with E-state index in [0.29, 0.717) is 5.76 Å². The molecule has 2 heterocycles. The molecule has 110 valence electrons. The number of amides is 1. The molecule has 1 aromatic heterocycles. The van der Waals surface area contributed by atoms with Crippen LogP contribution >= 0.6 is 11.8 Å². The van der Waals surface area contributed by atoms with Crippen LogP contribution in [0.1, 0.15) is 28.2 Å². The summed E-state index contributed by atoms with van der Waals surface area (Å²) in [6.07, 6.45) is 2.53. The van der Waals surface area contributed by atoms with Crippen LogP contribution in [-0.4, -0.2) is 23.4 Å². The van der Waals surface area contributed by atoms with E-state index in [9.17, 15) is 9.90 Å². The first-order valence-corrected chi connectivity index (χ1v) is 7.98. The molecule has 2 aromatic rings. The summed E-state index contributed by atoms with van der Waals surface area (Å²) in [6, 6.07) is 11.0. The molecule has 1 aliphatic rings. The zero-order valence-corrected chi connectivity index (χ0v) is 12.3. The lowest BCUT2D eigenvalue weighted by atomic mass is 10.0. The molecule has 2 atom stereocenters. The Morgan fingerprint density at radius 2 is 2.24 bits per heavy atom. The van der Waals surface area contributed by atoms with Gasteiger partial charge >= 0.3 is 0 Å². The summed E-state index contributed by atoms with van der Waals surface area (Å²) in [5.74, 6) is 1.42. The van der Waals surface area contributed by atoms with E-state index in [4.69, 9.17) is 4.42 Å². The van der Waals surface area contributed by atoms with E-state index in [1.54, 1.807) is 23.9 Å². The largest absolute Gasteiger partial charge is 0.467 e. The van der Waals surface area contributed by atoms with Crippen molar-refractivity contribution >= 4 is 17.7 Å². The van der Waals surface area contributed by atoms with Gasteiger partial charge in [-0.3, -0.25) is 4.79 Å². The first-order valence-electron chi connectivity index (χ1n) is 6.93. The van der Waals surface area contributed by atoms with Crippen LogP contribution < -0.4 is 5.32 Å². The van der Waals surface area contributed by atoms with Crippen LogP contribution in [0.4, 0.5) is 0 Å². The maximum Gasteiger partial charge on any atom is 0.238 e. The van der Waals surface area contributed by atoms with E-state index in [-0.39, 0.29) is 17.8 Å². The molecule has 1 aliphatic heterocycles. The predicted molar refractivity (Wildman–Crippen MR) is 82.0 cm³/mol. The summed E-state index contributed by atoms with van der Waals surface area (Å²) in [5.41, 5.74) is 2.30. The quantitative estimate of drug-likeness (QED) is 0.911. The number of benzene rings is 1. The van der Waals surface area contributed by atoms with Crippen LogP contribution in [0.3, 0.4) is 0 Å². The highest BCUT2D eigenvalue weighted by Gasteiger charge is 2.29. The average Bonchev–Trinajstić information content (AvgIpc) is 3.06. The van der Waals surface area contributed by atoms with Gasteiger partial charge in [-0.15, -0.1) is 11.8 Å². The molecule has 21 heavy (non-hydrogen) atoms. The third-order valence-corrected chi connectivity index (χ3v) is 4.86. The smallest absolute Gasteiger partial charge is 0.238 e. The molecule has 2 N–H and O–H groups in total. The number of hydrogen-bond donors (Lipinski definition) is 2. The minimum atomic E-state index is -0.498. The van der Waals surface area contributed by atoms with Crippen molar-refractivity contribution in [1.29, 1.82) is 0 Å². The molecule has 0 spiro atoms. The van der Waals surface area contributed by atoms with Gasteiger partial charge in [0.15, 0.2) is 0 Å². The van der Waals surface area contributed by atoms with Gasteiger partial charge in [0.1, 0.15) is 17.1 Å². The molecule has 2 unspecified atom stereocenters.